The lowest BCUT2D eigenvalue weighted by atomic mass is 10.0. The molecule has 0 aliphatic carbocycles. The summed E-state index contributed by atoms with van der Waals surface area (Å²) < 4.78 is 22.5. The smallest absolute Gasteiger partial charge is 0.343 e. The molecule has 0 heterocycles. The van der Waals surface area contributed by atoms with Gasteiger partial charge in [0.1, 0.15) is 36.2 Å². The monoisotopic (exact) mass is 606 g/mol. The molecule has 0 saturated carbocycles. The van der Waals surface area contributed by atoms with Gasteiger partial charge in [-0.1, -0.05) is 84.9 Å². The molecular weight excluding hydrogens is 576 g/mol. The first kappa shape index (κ1) is 29.9. The Kier molecular flexibility index (Phi) is 9.46. The summed E-state index contributed by atoms with van der Waals surface area (Å²) in [6.07, 6.45) is 0. The molecule has 0 aliphatic rings. The van der Waals surface area contributed by atoms with E-state index in [9.17, 15) is 9.59 Å². The summed E-state index contributed by atoms with van der Waals surface area (Å²) in [6.45, 7) is 0.616. The van der Waals surface area contributed by atoms with Crippen molar-refractivity contribution in [3.05, 3.63) is 169 Å². The first-order valence-corrected chi connectivity index (χ1v) is 14.8. The van der Waals surface area contributed by atoms with Gasteiger partial charge in [-0.3, -0.25) is 0 Å². The Balaban J connectivity index is 0.918. The molecule has 0 fully saturated rings. The second-order valence-corrected chi connectivity index (χ2v) is 10.3. The van der Waals surface area contributed by atoms with Crippen molar-refractivity contribution in [1.82, 2.24) is 0 Å². The van der Waals surface area contributed by atoms with Crippen LogP contribution in [0.1, 0.15) is 20.7 Å². The van der Waals surface area contributed by atoms with Gasteiger partial charge in [-0.2, -0.15) is 0 Å². The molecule has 6 rings (SSSR count). The van der Waals surface area contributed by atoms with Gasteiger partial charge in [0, 0.05) is 0 Å². The summed E-state index contributed by atoms with van der Waals surface area (Å²) in [5, 5.41) is 0. The zero-order valence-electron chi connectivity index (χ0n) is 24.9. The SMILES string of the molecule is O=C(Oc1ccc(OCCOc2ccc(OC(=O)c3ccc(-c4ccccc4)cc3)cc2)cc1)c1ccc(-c2ccccc2)cc1. The fourth-order valence-electron chi connectivity index (χ4n) is 4.72. The minimum Gasteiger partial charge on any atom is -0.490 e. The Bertz CT molecular complexity index is 1720. The highest BCUT2D eigenvalue weighted by Gasteiger charge is 2.11. The minimum atomic E-state index is -0.431. The van der Waals surface area contributed by atoms with Gasteiger partial charge in [0.05, 0.1) is 11.1 Å². The predicted molar refractivity (Wildman–Crippen MR) is 178 cm³/mol. The van der Waals surface area contributed by atoms with Crippen molar-refractivity contribution in [3.63, 3.8) is 0 Å². The maximum Gasteiger partial charge on any atom is 0.343 e. The average molecular weight is 607 g/mol. The fraction of sp³-hybridized carbons (Fsp3) is 0.0500. The molecule has 0 aromatic heterocycles. The van der Waals surface area contributed by atoms with Crippen molar-refractivity contribution < 1.29 is 28.5 Å². The second kappa shape index (κ2) is 14.6. The molecule has 0 aliphatic heterocycles. The van der Waals surface area contributed by atoms with Gasteiger partial charge in [-0.25, -0.2) is 9.59 Å². The summed E-state index contributed by atoms with van der Waals surface area (Å²) in [5.41, 5.74) is 5.17. The number of hydrogen-bond acceptors (Lipinski definition) is 6. The third-order valence-corrected chi connectivity index (χ3v) is 7.14. The fourth-order valence-corrected chi connectivity index (χ4v) is 4.72. The molecule has 6 aromatic carbocycles. The van der Waals surface area contributed by atoms with Crippen molar-refractivity contribution in [2.75, 3.05) is 13.2 Å². The van der Waals surface area contributed by atoms with Crippen LogP contribution in [-0.4, -0.2) is 25.2 Å². The van der Waals surface area contributed by atoms with Crippen molar-refractivity contribution >= 4 is 11.9 Å². The first-order chi connectivity index (χ1) is 22.6. The van der Waals surface area contributed by atoms with E-state index in [0.717, 1.165) is 22.3 Å². The molecule has 0 bridgehead atoms. The van der Waals surface area contributed by atoms with Gasteiger partial charge in [0.25, 0.3) is 0 Å². The molecule has 6 heteroatoms. The third-order valence-electron chi connectivity index (χ3n) is 7.14. The van der Waals surface area contributed by atoms with Crippen LogP contribution in [0.25, 0.3) is 22.3 Å². The van der Waals surface area contributed by atoms with Crippen LogP contribution in [0.4, 0.5) is 0 Å². The minimum absolute atomic E-state index is 0.308. The Morgan fingerprint density at radius 2 is 0.652 bits per heavy atom. The Morgan fingerprint density at radius 3 is 1.00 bits per heavy atom. The zero-order chi connectivity index (χ0) is 31.6. The van der Waals surface area contributed by atoms with Crippen LogP contribution < -0.4 is 18.9 Å². The number of rotatable bonds is 11. The standard InChI is InChI=1S/C40H30O6/c41-39(33-15-11-31(12-16-33)29-7-3-1-4-8-29)45-37-23-19-35(20-24-37)43-27-28-44-36-21-25-38(26-22-36)46-40(42)34-17-13-32(14-18-34)30-9-5-2-6-10-30/h1-26H,27-28H2. The lowest BCUT2D eigenvalue weighted by Gasteiger charge is -2.10. The molecule has 0 atom stereocenters. The number of hydrogen-bond donors (Lipinski definition) is 0. The molecule has 0 spiro atoms. The topological polar surface area (TPSA) is 71.1 Å². The summed E-state index contributed by atoms with van der Waals surface area (Å²) in [5.74, 6) is 1.22. The van der Waals surface area contributed by atoms with Crippen molar-refractivity contribution in [1.29, 1.82) is 0 Å². The van der Waals surface area contributed by atoms with E-state index >= 15 is 0 Å². The van der Waals surface area contributed by atoms with Gasteiger partial charge in [-0.15, -0.1) is 0 Å². The number of carbonyl (C=O) groups excluding carboxylic acids is 2. The Morgan fingerprint density at radius 1 is 0.348 bits per heavy atom. The highest BCUT2D eigenvalue weighted by molar-refractivity contribution is 5.92. The van der Waals surface area contributed by atoms with Crippen LogP contribution in [0.5, 0.6) is 23.0 Å². The molecule has 226 valence electrons. The number of ether oxygens (including phenoxy) is 4. The Hall–Kier alpha value is -6.14. The highest BCUT2D eigenvalue weighted by Crippen LogP contribution is 2.24. The van der Waals surface area contributed by atoms with Gasteiger partial charge < -0.3 is 18.9 Å². The average Bonchev–Trinajstić information content (AvgIpc) is 3.12. The van der Waals surface area contributed by atoms with Gasteiger partial charge in [0.2, 0.25) is 0 Å². The van der Waals surface area contributed by atoms with Crippen LogP contribution in [0, 0.1) is 0 Å². The van der Waals surface area contributed by atoms with Crippen LogP contribution in [0.15, 0.2) is 158 Å². The quantitative estimate of drug-likeness (QED) is 0.0833. The first-order valence-electron chi connectivity index (χ1n) is 14.8. The number of benzene rings is 6. The molecule has 46 heavy (non-hydrogen) atoms. The molecule has 0 amide bonds. The maximum absolute atomic E-state index is 12.6. The van der Waals surface area contributed by atoms with Gasteiger partial charge in [-0.05, 0) is 95.1 Å². The summed E-state index contributed by atoms with van der Waals surface area (Å²) >= 11 is 0. The molecular formula is C40H30O6. The second-order valence-electron chi connectivity index (χ2n) is 10.3. The summed E-state index contributed by atoms with van der Waals surface area (Å²) in [4.78, 5) is 25.2. The van der Waals surface area contributed by atoms with Crippen LogP contribution >= 0.6 is 0 Å². The molecule has 0 N–H and O–H groups in total. The van der Waals surface area contributed by atoms with Crippen LogP contribution in [0.2, 0.25) is 0 Å². The predicted octanol–water partition coefficient (Wildman–Crippen LogP) is 8.92. The van der Waals surface area contributed by atoms with Crippen molar-refractivity contribution in [2.45, 2.75) is 0 Å². The number of carbonyl (C=O) groups is 2. The van der Waals surface area contributed by atoms with E-state index in [1.165, 1.54) is 0 Å². The number of esters is 2. The third kappa shape index (κ3) is 7.87. The van der Waals surface area contributed by atoms with E-state index < -0.39 is 11.9 Å². The lowest BCUT2D eigenvalue weighted by Crippen LogP contribution is -2.10. The lowest BCUT2D eigenvalue weighted by molar-refractivity contribution is 0.0725. The summed E-state index contributed by atoms with van der Waals surface area (Å²) in [7, 11) is 0. The van der Waals surface area contributed by atoms with Gasteiger partial charge in [0.15, 0.2) is 0 Å². The van der Waals surface area contributed by atoms with E-state index in [1.807, 2.05) is 84.9 Å². The molecule has 0 radical (unpaired) electrons. The van der Waals surface area contributed by atoms with E-state index in [2.05, 4.69) is 0 Å². The normalized spacial score (nSPS) is 10.5. The van der Waals surface area contributed by atoms with E-state index in [0.29, 0.717) is 47.3 Å². The van der Waals surface area contributed by atoms with Crippen LogP contribution in [0.3, 0.4) is 0 Å². The van der Waals surface area contributed by atoms with E-state index in [1.54, 1.807) is 72.8 Å². The molecule has 6 aromatic rings. The van der Waals surface area contributed by atoms with E-state index in [-0.39, 0.29) is 0 Å². The van der Waals surface area contributed by atoms with Crippen LogP contribution in [-0.2, 0) is 0 Å². The zero-order valence-corrected chi connectivity index (χ0v) is 24.9. The molecule has 0 unspecified atom stereocenters. The largest absolute Gasteiger partial charge is 0.490 e. The maximum atomic E-state index is 12.6. The molecule has 6 nitrogen and oxygen atoms in total. The Labute approximate surface area is 267 Å². The van der Waals surface area contributed by atoms with Gasteiger partial charge >= 0.3 is 11.9 Å². The highest BCUT2D eigenvalue weighted by atomic mass is 16.5. The van der Waals surface area contributed by atoms with E-state index in [4.69, 9.17) is 18.9 Å². The molecule has 0 saturated heterocycles. The van der Waals surface area contributed by atoms with Crippen molar-refractivity contribution in [3.8, 4) is 45.3 Å². The summed E-state index contributed by atoms with van der Waals surface area (Å²) in [6, 6.07) is 48.3. The van der Waals surface area contributed by atoms with Crippen molar-refractivity contribution in [2.24, 2.45) is 0 Å².